The molecule has 0 aliphatic carbocycles. The Morgan fingerprint density at radius 3 is 2.80 bits per heavy atom. The predicted octanol–water partition coefficient (Wildman–Crippen LogP) is -0.339. The fraction of sp³-hybridized carbons (Fsp3) is 0.583. The van der Waals surface area contributed by atoms with E-state index in [2.05, 4.69) is 17.2 Å². The Kier molecular flexibility index (Phi) is 5.18. The average molecular weight is 289 g/mol. The van der Waals surface area contributed by atoms with Gasteiger partial charge in [-0.2, -0.15) is 8.78 Å². The zero-order chi connectivity index (χ0) is 15.3. The molecule has 0 bridgehead atoms. The van der Waals surface area contributed by atoms with Gasteiger partial charge in [-0.05, 0) is 12.5 Å². The molecule has 1 unspecified atom stereocenters. The number of rotatable bonds is 5. The lowest BCUT2D eigenvalue weighted by atomic mass is 10.0. The second-order valence-electron chi connectivity index (χ2n) is 4.62. The van der Waals surface area contributed by atoms with Crippen LogP contribution in [0.5, 0.6) is 0 Å². The van der Waals surface area contributed by atoms with E-state index in [4.69, 9.17) is 0 Å². The van der Waals surface area contributed by atoms with Crippen molar-refractivity contribution in [2.24, 2.45) is 0 Å². The second-order valence-corrected chi connectivity index (χ2v) is 4.62. The molecule has 0 radical (unpaired) electrons. The number of alkyl halides is 2. The number of hydrogen-bond donors (Lipinski definition) is 2. The van der Waals surface area contributed by atoms with Crippen molar-refractivity contribution < 1.29 is 23.2 Å². The van der Waals surface area contributed by atoms with E-state index in [1.165, 1.54) is 7.05 Å². The van der Waals surface area contributed by atoms with Crippen molar-refractivity contribution in [2.45, 2.75) is 24.8 Å². The summed E-state index contributed by atoms with van der Waals surface area (Å²) in [5, 5.41) is 4.63. The molecule has 0 aromatic rings. The van der Waals surface area contributed by atoms with Crippen molar-refractivity contribution in [3.05, 3.63) is 12.7 Å². The summed E-state index contributed by atoms with van der Waals surface area (Å²) in [7, 11) is 1.44. The number of likely N-dealkylation sites (N-methyl/N-ethyl adjacent to an activating group) is 1. The van der Waals surface area contributed by atoms with Crippen molar-refractivity contribution in [2.75, 3.05) is 20.1 Å². The standard InChI is InChI=1S/C12H17F2N3O3/c1-3-10(19)17(2)7-9(18)15-6-8-4-5-12(13,14)11(20)16-8/h3,8H,1,4-7H2,2H3,(H,15,18)(H,16,20). The lowest BCUT2D eigenvalue weighted by Crippen LogP contribution is -2.54. The highest BCUT2D eigenvalue weighted by Gasteiger charge is 2.43. The summed E-state index contributed by atoms with van der Waals surface area (Å²) in [5.41, 5.74) is 0. The lowest BCUT2D eigenvalue weighted by molar-refractivity contribution is -0.151. The monoisotopic (exact) mass is 289 g/mol. The van der Waals surface area contributed by atoms with Crippen LogP contribution in [-0.4, -0.2) is 54.7 Å². The van der Waals surface area contributed by atoms with Gasteiger partial charge in [0.2, 0.25) is 11.8 Å². The van der Waals surface area contributed by atoms with E-state index in [9.17, 15) is 23.2 Å². The average Bonchev–Trinajstić information content (AvgIpc) is 2.39. The Morgan fingerprint density at radius 2 is 2.25 bits per heavy atom. The molecule has 2 N–H and O–H groups in total. The first kappa shape index (κ1) is 16.1. The van der Waals surface area contributed by atoms with Crippen molar-refractivity contribution in [3.8, 4) is 0 Å². The summed E-state index contributed by atoms with van der Waals surface area (Å²) in [5.74, 6) is -5.49. The normalized spacial score (nSPS) is 20.8. The molecule has 0 saturated carbocycles. The highest BCUT2D eigenvalue weighted by atomic mass is 19.3. The molecule has 0 aromatic carbocycles. The fourth-order valence-corrected chi connectivity index (χ4v) is 1.73. The highest BCUT2D eigenvalue weighted by Crippen LogP contribution is 2.25. The van der Waals surface area contributed by atoms with Gasteiger partial charge < -0.3 is 15.5 Å². The third-order valence-corrected chi connectivity index (χ3v) is 2.95. The predicted molar refractivity (Wildman–Crippen MR) is 67.0 cm³/mol. The Bertz CT molecular complexity index is 426. The maximum Gasteiger partial charge on any atom is 0.324 e. The molecular weight excluding hydrogens is 272 g/mol. The SMILES string of the molecule is C=CC(=O)N(C)CC(=O)NCC1CCC(F)(F)C(=O)N1. The molecule has 1 rings (SSSR count). The summed E-state index contributed by atoms with van der Waals surface area (Å²) >= 11 is 0. The van der Waals surface area contributed by atoms with Crippen LogP contribution >= 0.6 is 0 Å². The number of halogens is 2. The van der Waals surface area contributed by atoms with Gasteiger partial charge in [0.25, 0.3) is 5.91 Å². The third-order valence-electron chi connectivity index (χ3n) is 2.95. The van der Waals surface area contributed by atoms with Gasteiger partial charge in [-0.3, -0.25) is 14.4 Å². The van der Waals surface area contributed by atoms with E-state index in [-0.39, 0.29) is 19.5 Å². The van der Waals surface area contributed by atoms with E-state index in [1.54, 1.807) is 0 Å². The van der Waals surface area contributed by atoms with Crippen LogP contribution in [0.2, 0.25) is 0 Å². The van der Waals surface area contributed by atoms with Gasteiger partial charge in [0.15, 0.2) is 0 Å². The molecule has 1 aliphatic heterocycles. The number of carbonyl (C=O) groups excluding carboxylic acids is 3. The van der Waals surface area contributed by atoms with Crippen LogP contribution in [0.4, 0.5) is 8.78 Å². The number of hydrogen-bond acceptors (Lipinski definition) is 3. The van der Waals surface area contributed by atoms with Crippen LogP contribution in [-0.2, 0) is 14.4 Å². The third kappa shape index (κ3) is 4.29. The summed E-state index contributed by atoms with van der Waals surface area (Å²) in [6, 6.07) is -0.522. The smallest absolute Gasteiger partial charge is 0.324 e. The van der Waals surface area contributed by atoms with Crippen molar-refractivity contribution >= 4 is 17.7 Å². The largest absolute Gasteiger partial charge is 0.353 e. The topological polar surface area (TPSA) is 78.5 Å². The minimum atomic E-state index is -3.34. The molecule has 1 saturated heterocycles. The zero-order valence-electron chi connectivity index (χ0n) is 11.1. The van der Waals surface area contributed by atoms with Crippen molar-refractivity contribution in [1.29, 1.82) is 0 Å². The molecule has 20 heavy (non-hydrogen) atoms. The molecule has 1 atom stereocenters. The number of nitrogens with zero attached hydrogens (tertiary/aromatic N) is 1. The van der Waals surface area contributed by atoms with Gasteiger partial charge >= 0.3 is 5.92 Å². The van der Waals surface area contributed by atoms with Crippen molar-refractivity contribution in [1.82, 2.24) is 15.5 Å². The first-order valence-corrected chi connectivity index (χ1v) is 6.09. The highest BCUT2D eigenvalue weighted by molar-refractivity contribution is 5.90. The number of piperidine rings is 1. The van der Waals surface area contributed by atoms with Gasteiger partial charge in [-0.25, -0.2) is 0 Å². The Morgan fingerprint density at radius 1 is 1.60 bits per heavy atom. The van der Waals surface area contributed by atoms with Gasteiger partial charge in [0, 0.05) is 26.1 Å². The van der Waals surface area contributed by atoms with Crippen LogP contribution in [0, 0.1) is 0 Å². The minimum Gasteiger partial charge on any atom is -0.353 e. The Balaban J connectivity index is 2.34. The molecule has 112 valence electrons. The number of nitrogens with one attached hydrogen (secondary N) is 2. The van der Waals surface area contributed by atoms with Crippen LogP contribution in [0.25, 0.3) is 0 Å². The number of amides is 3. The molecule has 1 heterocycles. The first-order valence-electron chi connectivity index (χ1n) is 6.09. The Hall–Kier alpha value is -1.99. The first-order chi connectivity index (χ1) is 9.26. The van der Waals surface area contributed by atoms with E-state index in [1.807, 2.05) is 0 Å². The number of carbonyl (C=O) groups is 3. The summed E-state index contributed by atoms with van der Waals surface area (Å²) in [6.07, 6.45) is 0.630. The maximum atomic E-state index is 12.9. The molecule has 1 aliphatic rings. The van der Waals surface area contributed by atoms with E-state index in [0.29, 0.717) is 0 Å². The minimum absolute atomic E-state index is 0.0524. The van der Waals surface area contributed by atoms with Crippen LogP contribution in [0.15, 0.2) is 12.7 Å². The van der Waals surface area contributed by atoms with Gasteiger partial charge in [-0.15, -0.1) is 0 Å². The maximum absolute atomic E-state index is 12.9. The summed E-state index contributed by atoms with van der Waals surface area (Å²) in [4.78, 5) is 34.9. The van der Waals surface area contributed by atoms with E-state index < -0.39 is 36.1 Å². The zero-order valence-corrected chi connectivity index (χ0v) is 11.1. The van der Waals surface area contributed by atoms with Gasteiger partial charge in [0.05, 0.1) is 6.54 Å². The van der Waals surface area contributed by atoms with Gasteiger partial charge in [-0.1, -0.05) is 6.58 Å². The lowest BCUT2D eigenvalue weighted by Gasteiger charge is -2.29. The molecule has 0 aromatic heterocycles. The van der Waals surface area contributed by atoms with E-state index >= 15 is 0 Å². The quantitative estimate of drug-likeness (QED) is 0.680. The molecule has 1 fully saturated rings. The summed E-state index contributed by atoms with van der Waals surface area (Å²) < 4.78 is 25.8. The van der Waals surface area contributed by atoms with E-state index in [0.717, 1.165) is 11.0 Å². The summed E-state index contributed by atoms with van der Waals surface area (Å²) in [6.45, 7) is 3.18. The second kappa shape index (κ2) is 6.44. The molecule has 3 amide bonds. The van der Waals surface area contributed by atoms with Crippen LogP contribution < -0.4 is 10.6 Å². The van der Waals surface area contributed by atoms with Gasteiger partial charge in [0.1, 0.15) is 0 Å². The fourth-order valence-electron chi connectivity index (χ4n) is 1.73. The van der Waals surface area contributed by atoms with Crippen LogP contribution in [0.1, 0.15) is 12.8 Å². The molecular formula is C12H17F2N3O3. The molecule has 0 spiro atoms. The molecule has 8 heteroatoms. The molecule has 6 nitrogen and oxygen atoms in total. The van der Waals surface area contributed by atoms with Crippen LogP contribution in [0.3, 0.4) is 0 Å². The van der Waals surface area contributed by atoms with Crippen molar-refractivity contribution in [3.63, 3.8) is 0 Å². The Labute approximate surface area is 115 Å².